The summed E-state index contributed by atoms with van der Waals surface area (Å²) in [6.45, 7) is 9.96. The number of rotatable bonds is 6. The number of Topliss-reactive ketones (excluding diaryl/α,β-unsaturated/α-hetero) is 1. The number of ketones is 1. The Labute approximate surface area is 160 Å². The first-order valence-electron chi connectivity index (χ1n) is 8.29. The Hall–Kier alpha value is -2.18. The molecule has 3 rings (SSSR count). The summed E-state index contributed by atoms with van der Waals surface area (Å²) in [6.07, 6.45) is 1.67. The van der Waals surface area contributed by atoms with Gasteiger partial charge in [0.15, 0.2) is 10.9 Å². The highest BCUT2D eigenvalue weighted by atomic mass is 32.2. The van der Waals surface area contributed by atoms with Crippen molar-refractivity contribution in [1.82, 2.24) is 9.55 Å². The lowest BCUT2D eigenvalue weighted by Crippen LogP contribution is -2.24. The molecular formula is C20H20N2O2S2. The molecule has 0 N–H and O–H groups in total. The van der Waals surface area contributed by atoms with Crippen molar-refractivity contribution >= 4 is 39.1 Å². The Bertz CT molecular complexity index is 1050. The number of hydrogen-bond acceptors (Lipinski definition) is 5. The minimum atomic E-state index is -0.350. The van der Waals surface area contributed by atoms with Crippen molar-refractivity contribution in [2.24, 2.45) is 0 Å². The lowest BCUT2D eigenvalue weighted by atomic mass is 10.0. The lowest BCUT2D eigenvalue weighted by molar-refractivity contribution is 0.0993. The van der Waals surface area contributed by atoms with E-state index in [0.29, 0.717) is 27.5 Å². The molecule has 1 aromatic carbocycles. The van der Waals surface area contributed by atoms with Crippen LogP contribution in [0.15, 0.2) is 52.3 Å². The molecule has 0 fully saturated rings. The fraction of sp³-hybridized carbons (Fsp3) is 0.250. The maximum absolute atomic E-state index is 12.8. The second kappa shape index (κ2) is 7.60. The number of allylic oxidation sites excluding steroid dienone is 1. The predicted octanol–water partition coefficient (Wildman–Crippen LogP) is 4.62. The average molecular weight is 385 g/mol. The molecule has 1 atom stereocenters. The molecule has 0 saturated carbocycles. The fourth-order valence-electron chi connectivity index (χ4n) is 2.65. The van der Waals surface area contributed by atoms with Gasteiger partial charge in [0.25, 0.3) is 5.56 Å². The van der Waals surface area contributed by atoms with Crippen molar-refractivity contribution in [3.8, 4) is 0 Å². The summed E-state index contributed by atoms with van der Waals surface area (Å²) in [4.78, 5) is 30.8. The number of nitrogens with zero attached hydrogens (tertiary/aromatic N) is 2. The zero-order chi connectivity index (χ0) is 18.8. The van der Waals surface area contributed by atoms with Gasteiger partial charge in [0.05, 0.1) is 10.6 Å². The van der Waals surface area contributed by atoms with E-state index >= 15 is 0 Å². The van der Waals surface area contributed by atoms with Gasteiger partial charge in [-0.1, -0.05) is 30.0 Å². The summed E-state index contributed by atoms with van der Waals surface area (Å²) in [5.41, 5.74) is 2.84. The minimum absolute atomic E-state index is 0.0313. The van der Waals surface area contributed by atoms with Crippen LogP contribution in [0.2, 0.25) is 0 Å². The number of hydrogen-bond donors (Lipinski definition) is 0. The van der Waals surface area contributed by atoms with Crippen molar-refractivity contribution in [3.63, 3.8) is 0 Å². The molecule has 4 nitrogen and oxygen atoms in total. The van der Waals surface area contributed by atoms with Gasteiger partial charge < -0.3 is 0 Å². The van der Waals surface area contributed by atoms with Gasteiger partial charge in [0.1, 0.15) is 4.83 Å². The minimum Gasteiger partial charge on any atom is -0.293 e. The van der Waals surface area contributed by atoms with Crippen LogP contribution in [0.5, 0.6) is 0 Å². The van der Waals surface area contributed by atoms with Crippen LogP contribution in [-0.4, -0.2) is 20.6 Å². The van der Waals surface area contributed by atoms with E-state index in [0.717, 1.165) is 11.1 Å². The second-order valence-corrected chi connectivity index (χ2v) is 8.36. The Morgan fingerprint density at radius 3 is 2.81 bits per heavy atom. The summed E-state index contributed by atoms with van der Waals surface area (Å²) in [6, 6.07) is 7.52. The molecular weight excluding hydrogens is 364 g/mol. The van der Waals surface area contributed by atoms with Crippen LogP contribution in [0, 0.1) is 13.8 Å². The van der Waals surface area contributed by atoms with Crippen LogP contribution in [0.4, 0.5) is 0 Å². The van der Waals surface area contributed by atoms with Gasteiger partial charge in [-0.2, -0.15) is 0 Å². The normalized spacial score (nSPS) is 12.3. The third-order valence-corrected chi connectivity index (χ3v) is 6.20. The van der Waals surface area contributed by atoms with E-state index in [1.165, 1.54) is 23.1 Å². The number of thiophene rings is 1. The van der Waals surface area contributed by atoms with E-state index in [4.69, 9.17) is 0 Å². The predicted molar refractivity (Wildman–Crippen MR) is 110 cm³/mol. The summed E-state index contributed by atoms with van der Waals surface area (Å²) in [5.74, 6) is 0.0313. The van der Waals surface area contributed by atoms with E-state index in [9.17, 15) is 9.59 Å². The van der Waals surface area contributed by atoms with Crippen molar-refractivity contribution in [1.29, 1.82) is 0 Å². The highest BCUT2D eigenvalue weighted by Gasteiger charge is 2.21. The maximum Gasteiger partial charge on any atom is 0.263 e. The van der Waals surface area contributed by atoms with E-state index in [1.54, 1.807) is 16.7 Å². The third-order valence-electron chi connectivity index (χ3n) is 4.30. The first-order valence-corrected chi connectivity index (χ1v) is 10.1. The van der Waals surface area contributed by atoms with Crippen molar-refractivity contribution in [3.05, 3.63) is 69.3 Å². The number of aryl methyl sites for hydroxylation is 2. The number of carbonyl (C=O) groups excluding carboxylic acids is 1. The molecule has 3 aromatic rings. The van der Waals surface area contributed by atoms with Gasteiger partial charge in [-0.3, -0.25) is 14.2 Å². The molecule has 0 aliphatic carbocycles. The molecule has 134 valence electrons. The highest BCUT2D eigenvalue weighted by Crippen LogP contribution is 2.27. The molecule has 0 aliphatic rings. The van der Waals surface area contributed by atoms with Crippen LogP contribution in [-0.2, 0) is 6.54 Å². The molecule has 2 heterocycles. The highest BCUT2D eigenvalue weighted by molar-refractivity contribution is 8.00. The quantitative estimate of drug-likeness (QED) is 0.269. The van der Waals surface area contributed by atoms with Gasteiger partial charge in [0, 0.05) is 12.1 Å². The van der Waals surface area contributed by atoms with Crippen LogP contribution in [0.1, 0.15) is 28.4 Å². The van der Waals surface area contributed by atoms with E-state index in [-0.39, 0.29) is 16.6 Å². The Kier molecular flexibility index (Phi) is 5.44. The Morgan fingerprint density at radius 2 is 2.12 bits per heavy atom. The zero-order valence-corrected chi connectivity index (χ0v) is 16.6. The molecule has 1 unspecified atom stereocenters. The zero-order valence-electron chi connectivity index (χ0n) is 15.0. The van der Waals surface area contributed by atoms with Gasteiger partial charge in [-0.05, 0) is 49.4 Å². The first kappa shape index (κ1) is 18.6. The average Bonchev–Trinajstić information content (AvgIpc) is 3.08. The lowest BCUT2D eigenvalue weighted by Gasteiger charge is -2.14. The molecule has 26 heavy (non-hydrogen) atoms. The topological polar surface area (TPSA) is 52.0 Å². The van der Waals surface area contributed by atoms with Crippen LogP contribution >= 0.6 is 23.1 Å². The SMILES string of the molecule is C=CCn1c(SC(C)C(=O)c2ccc(C)c(C)c2)nc2sccc2c1=O. The van der Waals surface area contributed by atoms with Gasteiger partial charge in [-0.15, -0.1) is 17.9 Å². The molecule has 0 bridgehead atoms. The maximum atomic E-state index is 12.8. The van der Waals surface area contributed by atoms with Crippen molar-refractivity contribution in [2.75, 3.05) is 0 Å². The second-order valence-electron chi connectivity index (χ2n) is 6.16. The first-order chi connectivity index (χ1) is 12.4. The van der Waals surface area contributed by atoms with Crippen LogP contribution < -0.4 is 5.56 Å². The summed E-state index contributed by atoms with van der Waals surface area (Å²) >= 11 is 2.75. The van der Waals surface area contributed by atoms with E-state index in [2.05, 4.69) is 11.6 Å². The third kappa shape index (κ3) is 3.52. The van der Waals surface area contributed by atoms with Gasteiger partial charge >= 0.3 is 0 Å². The number of benzene rings is 1. The Morgan fingerprint density at radius 1 is 1.35 bits per heavy atom. The molecule has 0 spiro atoms. The number of fused-ring (bicyclic) bond motifs is 1. The standard InChI is InChI=1S/C20H20N2O2S2/c1-5-9-22-19(24)16-8-10-25-18(16)21-20(22)26-14(4)17(23)15-7-6-12(2)13(3)11-15/h5-8,10-11,14H,1,9H2,2-4H3. The number of thioether (sulfide) groups is 1. The molecule has 0 saturated heterocycles. The van der Waals surface area contributed by atoms with Gasteiger partial charge in [0.2, 0.25) is 0 Å². The van der Waals surface area contributed by atoms with E-state index < -0.39 is 0 Å². The number of carbonyl (C=O) groups is 1. The summed E-state index contributed by atoms with van der Waals surface area (Å²) < 4.78 is 1.58. The Balaban J connectivity index is 1.95. The van der Waals surface area contributed by atoms with Crippen molar-refractivity contribution < 1.29 is 4.79 Å². The van der Waals surface area contributed by atoms with Crippen LogP contribution in [0.25, 0.3) is 10.2 Å². The fourth-order valence-corrected chi connectivity index (χ4v) is 4.45. The molecule has 0 radical (unpaired) electrons. The summed E-state index contributed by atoms with van der Waals surface area (Å²) in [7, 11) is 0. The number of aromatic nitrogens is 2. The summed E-state index contributed by atoms with van der Waals surface area (Å²) in [5, 5.41) is 2.66. The monoisotopic (exact) mass is 384 g/mol. The van der Waals surface area contributed by atoms with Crippen molar-refractivity contribution in [2.45, 2.75) is 37.7 Å². The van der Waals surface area contributed by atoms with E-state index in [1.807, 2.05) is 44.4 Å². The van der Waals surface area contributed by atoms with Gasteiger partial charge in [-0.25, -0.2) is 4.98 Å². The molecule has 0 aliphatic heterocycles. The molecule has 0 amide bonds. The molecule has 6 heteroatoms. The smallest absolute Gasteiger partial charge is 0.263 e. The largest absolute Gasteiger partial charge is 0.293 e. The van der Waals surface area contributed by atoms with Crippen LogP contribution in [0.3, 0.4) is 0 Å². The molecule has 2 aromatic heterocycles.